The van der Waals surface area contributed by atoms with E-state index < -0.39 is 0 Å². The highest BCUT2D eigenvalue weighted by Gasteiger charge is 2.33. The topological polar surface area (TPSA) is 69.6 Å². The summed E-state index contributed by atoms with van der Waals surface area (Å²) < 4.78 is 0. The predicted octanol–water partition coefficient (Wildman–Crippen LogP) is -0.771. The predicted molar refractivity (Wildman–Crippen MR) is 50.2 cm³/mol. The van der Waals surface area contributed by atoms with Crippen molar-refractivity contribution in [3.05, 3.63) is 11.8 Å². The Morgan fingerprint density at radius 2 is 2.21 bits per heavy atom. The molecule has 0 aliphatic carbocycles. The minimum atomic E-state index is -0.321. The Balaban J connectivity index is 2.75. The number of imide groups is 1. The molecule has 1 heterocycles. The highest BCUT2D eigenvalue weighted by molar-refractivity contribution is 6.16. The van der Waals surface area contributed by atoms with Crippen molar-refractivity contribution in [1.29, 1.82) is 0 Å². The van der Waals surface area contributed by atoms with Crippen molar-refractivity contribution in [1.82, 2.24) is 10.2 Å². The molecule has 14 heavy (non-hydrogen) atoms. The van der Waals surface area contributed by atoms with Gasteiger partial charge in [-0.05, 0) is 13.3 Å². The van der Waals surface area contributed by atoms with Crippen molar-refractivity contribution in [2.75, 3.05) is 13.7 Å². The molecular formula is C9H14N2O3. The minimum Gasteiger partial charge on any atom is -0.396 e. The quantitative estimate of drug-likeness (QED) is 0.582. The van der Waals surface area contributed by atoms with Gasteiger partial charge in [0.2, 0.25) is 0 Å². The fourth-order valence-electron chi connectivity index (χ4n) is 1.40. The molecule has 0 saturated heterocycles. The van der Waals surface area contributed by atoms with Gasteiger partial charge >= 0.3 is 0 Å². The second-order valence-electron chi connectivity index (χ2n) is 3.18. The van der Waals surface area contributed by atoms with Crippen molar-refractivity contribution >= 4 is 11.8 Å². The number of nitrogens with one attached hydrogen (secondary N) is 1. The van der Waals surface area contributed by atoms with Crippen molar-refractivity contribution < 1.29 is 14.7 Å². The molecule has 0 radical (unpaired) electrons. The van der Waals surface area contributed by atoms with E-state index in [1.165, 1.54) is 6.08 Å². The van der Waals surface area contributed by atoms with Gasteiger partial charge in [-0.1, -0.05) is 0 Å². The third-order valence-electron chi connectivity index (χ3n) is 2.21. The highest BCUT2D eigenvalue weighted by atomic mass is 16.3. The van der Waals surface area contributed by atoms with Crippen molar-refractivity contribution in [2.24, 2.45) is 0 Å². The van der Waals surface area contributed by atoms with E-state index in [4.69, 9.17) is 5.11 Å². The Hall–Kier alpha value is -1.36. The Labute approximate surface area is 82.4 Å². The number of nitrogens with zero attached hydrogens (tertiary/aromatic N) is 1. The lowest BCUT2D eigenvalue weighted by molar-refractivity contribution is -0.139. The van der Waals surface area contributed by atoms with Gasteiger partial charge in [-0.2, -0.15) is 0 Å². The molecule has 1 unspecified atom stereocenters. The summed E-state index contributed by atoms with van der Waals surface area (Å²) in [7, 11) is 1.59. The fraction of sp³-hybridized carbons (Fsp3) is 0.556. The summed E-state index contributed by atoms with van der Waals surface area (Å²) in [4.78, 5) is 24.1. The Morgan fingerprint density at radius 3 is 2.64 bits per heavy atom. The second-order valence-corrected chi connectivity index (χ2v) is 3.18. The minimum absolute atomic E-state index is 0.0346. The molecule has 78 valence electrons. The summed E-state index contributed by atoms with van der Waals surface area (Å²) in [6.45, 7) is 1.70. The molecule has 1 aliphatic heterocycles. The molecule has 2 N–H and O–H groups in total. The molecule has 0 aromatic carbocycles. The number of carbonyl (C=O) groups is 2. The molecule has 0 bridgehead atoms. The standard InChI is InChI=1S/C9H14N2O3/c1-6(3-4-12)11-8(13)5-7(10-2)9(11)14/h5-6,10,12H,3-4H2,1-2H3. The Morgan fingerprint density at radius 1 is 1.57 bits per heavy atom. The van der Waals surface area contributed by atoms with Gasteiger partial charge in [0.25, 0.3) is 11.8 Å². The van der Waals surface area contributed by atoms with E-state index in [0.717, 1.165) is 4.90 Å². The maximum atomic E-state index is 11.6. The van der Waals surface area contributed by atoms with Crippen molar-refractivity contribution in [3.8, 4) is 0 Å². The first kappa shape index (κ1) is 10.7. The number of hydrogen-bond donors (Lipinski definition) is 2. The summed E-state index contributed by atoms with van der Waals surface area (Å²) in [5, 5.41) is 11.4. The Bertz CT molecular complexity index is 286. The lowest BCUT2D eigenvalue weighted by atomic mass is 10.2. The first-order valence-electron chi connectivity index (χ1n) is 4.49. The zero-order valence-electron chi connectivity index (χ0n) is 8.28. The van der Waals surface area contributed by atoms with Gasteiger partial charge < -0.3 is 10.4 Å². The van der Waals surface area contributed by atoms with Crippen LogP contribution in [0.15, 0.2) is 11.8 Å². The fourth-order valence-corrected chi connectivity index (χ4v) is 1.40. The van der Waals surface area contributed by atoms with Crippen LogP contribution in [-0.4, -0.2) is 41.5 Å². The van der Waals surface area contributed by atoms with Gasteiger partial charge in [-0.25, -0.2) is 0 Å². The smallest absolute Gasteiger partial charge is 0.277 e. The average molecular weight is 198 g/mol. The van der Waals surface area contributed by atoms with Crippen LogP contribution >= 0.6 is 0 Å². The molecule has 2 amide bonds. The molecule has 5 heteroatoms. The van der Waals surface area contributed by atoms with Gasteiger partial charge in [-0.3, -0.25) is 14.5 Å². The number of aliphatic hydroxyl groups is 1. The normalized spacial score (nSPS) is 18.5. The van der Waals surface area contributed by atoms with E-state index in [1.807, 2.05) is 0 Å². The molecule has 5 nitrogen and oxygen atoms in total. The summed E-state index contributed by atoms with van der Waals surface area (Å²) in [5.74, 6) is -0.640. The van der Waals surface area contributed by atoms with Crippen LogP contribution < -0.4 is 5.32 Å². The van der Waals surface area contributed by atoms with E-state index in [2.05, 4.69) is 5.32 Å². The number of likely N-dealkylation sites (N-methyl/N-ethyl adjacent to an activating group) is 1. The molecule has 0 saturated carbocycles. The number of hydrogen-bond acceptors (Lipinski definition) is 4. The number of amides is 2. The van der Waals surface area contributed by atoms with Crippen LogP contribution in [0.4, 0.5) is 0 Å². The molecular weight excluding hydrogens is 184 g/mol. The van der Waals surface area contributed by atoms with E-state index in [9.17, 15) is 9.59 Å². The van der Waals surface area contributed by atoms with E-state index in [0.29, 0.717) is 12.1 Å². The Kier molecular flexibility index (Phi) is 3.24. The van der Waals surface area contributed by atoms with Crippen LogP contribution in [0.1, 0.15) is 13.3 Å². The van der Waals surface area contributed by atoms with E-state index in [-0.39, 0.29) is 24.5 Å². The van der Waals surface area contributed by atoms with Crippen LogP contribution in [0.2, 0.25) is 0 Å². The largest absolute Gasteiger partial charge is 0.396 e. The average Bonchev–Trinajstić information content (AvgIpc) is 2.41. The van der Waals surface area contributed by atoms with Gasteiger partial charge in [0.1, 0.15) is 5.70 Å². The summed E-state index contributed by atoms with van der Waals surface area (Å²) in [5.41, 5.74) is 0.305. The molecule has 1 aliphatic rings. The van der Waals surface area contributed by atoms with Crippen LogP contribution in [0, 0.1) is 0 Å². The van der Waals surface area contributed by atoms with Crippen LogP contribution in [0.3, 0.4) is 0 Å². The van der Waals surface area contributed by atoms with Crippen molar-refractivity contribution in [3.63, 3.8) is 0 Å². The lowest BCUT2D eigenvalue weighted by Crippen LogP contribution is -2.40. The highest BCUT2D eigenvalue weighted by Crippen LogP contribution is 2.15. The molecule has 0 aromatic heterocycles. The monoisotopic (exact) mass is 198 g/mol. The van der Waals surface area contributed by atoms with Crippen LogP contribution in [-0.2, 0) is 9.59 Å². The van der Waals surface area contributed by atoms with Gasteiger partial charge in [-0.15, -0.1) is 0 Å². The SMILES string of the molecule is CNC1=CC(=O)N(C(C)CCO)C1=O. The van der Waals surface area contributed by atoms with Gasteiger partial charge in [0, 0.05) is 25.8 Å². The molecule has 0 fully saturated rings. The number of carbonyl (C=O) groups excluding carboxylic acids is 2. The summed E-state index contributed by atoms with van der Waals surface area (Å²) in [6, 6.07) is -0.262. The van der Waals surface area contributed by atoms with Gasteiger partial charge in [0.15, 0.2) is 0 Å². The first-order valence-corrected chi connectivity index (χ1v) is 4.49. The summed E-state index contributed by atoms with van der Waals surface area (Å²) >= 11 is 0. The number of aliphatic hydroxyl groups excluding tert-OH is 1. The first-order chi connectivity index (χ1) is 6.61. The molecule has 0 spiro atoms. The van der Waals surface area contributed by atoms with E-state index >= 15 is 0 Å². The lowest BCUT2D eigenvalue weighted by Gasteiger charge is -2.21. The zero-order chi connectivity index (χ0) is 10.7. The summed E-state index contributed by atoms with van der Waals surface area (Å²) in [6.07, 6.45) is 1.68. The molecule has 0 aromatic rings. The van der Waals surface area contributed by atoms with Crippen LogP contribution in [0.25, 0.3) is 0 Å². The third kappa shape index (κ3) is 1.77. The van der Waals surface area contributed by atoms with E-state index in [1.54, 1.807) is 14.0 Å². The van der Waals surface area contributed by atoms with Crippen molar-refractivity contribution in [2.45, 2.75) is 19.4 Å². The second kappa shape index (κ2) is 4.23. The van der Waals surface area contributed by atoms with Gasteiger partial charge in [0.05, 0.1) is 0 Å². The molecule has 1 atom stereocenters. The molecule has 1 rings (SSSR count). The zero-order valence-corrected chi connectivity index (χ0v) is 8.28. The maximum absolute atomic E-state index is 11.6. The third-order valence-corrected chi connectivity index (χ3v) is 2.21. The maximum Gasteiger partial charge on any atom is 0.277 e. The number of rotatable bonds is 4. The van der Waals surface area contributed by atoms with Crippen LogP contribution in [0.5, 0.6) is 0 Å².